The summed E-state index contributed by atoms with van der Waals surface area (Å²) in [7, 11) is 0. The van der Waals surface area contributed by atoms with Crippen molar-refractivity contribution in [1.82, 2.24) is 4.98 Å². The number of aromatic nitrogens is 1. The van der Waals surface area contributed by atoms with Crippen LogP contribution in [0.15, 0.2) is 12.3 Å². The van der Waals surface area contributed by atoms with E-state index in [2.05, 4.69) is 4.98 Å². The minimum Gasteiger partial charge on any atom is -0.501 e. The molecule has 0 aromatic carbocycles. The number of nitro groups is 1. The lowest BCUT2D eigenvalue weighted by molar-refractivity contribution is -0.386. The van der Waals surface area contributed by atoms with E-state index in [9.17, 15) is 20.0 Å². The third-order valence-electron chi connectivity index (χ3n) is 1.49. The van der Waals surface area contributed by atoms with E-state index in [0.29, 0.717) is 0 Å². The molecule has 1 heterocycles. The number of aromatic hydroxyl groups is 1. The van der Waals surface area contributed by atoms with Crippen molar-refractivity contribution in [2.24, 2.45) is 0 Å². The van der Waals surface area contributed by atoms with Gasteiger partial charge in [0.15, 0.2) is 0 Å². The van der Waals surface area contributed by atoms with Crippen molar-refractivity contribution in [1.29, 1.82) is 0 Å². The van der Waals surface area contributed by atoms with Crippen molar-refractivity contribution in [3.05, 3.63) is 28.1 Å². The molecule has 0 aliphatic heterocycles. The third kappa shape index (κ3) is 1.94. The summed E-state index contributed by atoms with van der Waals surface area (Å²) < 4.78 is 0. The van der Waals surface area contributed by atoms with E-state index in [4.69, 9.17) is 5.11 Å². The Morgan fingerprint density at radius 2 is 2.29 bits per heavy atom. The molecule has 1 aromatic heterocycles. The smallest absolute Gasteiger partial charge is 0.314 e. The van der Waals surface area contributed by atoms with Gasteiger partial charge in [-0.2, -0.15) is 0 Å². The lowest BCUT2D eigenvalue weighted by Crippen LogP contribution is -2.03. The molecule has 0 amide bonds. The molecule has 7 nitrogen and oxygen atoms in total. The van der Waals surface area contributed by atoms with Gasteiger partial charge in [0, 0.05) is 12.3 Å². The Hall–Kier alpha value is -2.18. The van der Waals surface area contributed by atoms with E-state index >= 15 is 0 Å². The van der Waals surface area contributed by atoms with Crippen LogP contribution in [0.25, 0.3) is 0 Å². The SMILES string of the molecule is O=C(O)Cc1nccc([N+](=O)[O-])c1O. The van der Waals surface area contributed by atoms with Gasteiger partial charge in [0.25, 0.3) is 0 Å². The average Bonchev–Trinajstić information content (AvgIpc) is 2.07. The summed E-state index contributed by atoms with van der Waals surface area (Å²) in [4.78, 5) is 23.3. The van der Waals surface area contributed by atoms with Crippen molar-refractivity contribution < 1.29 is 19.9 Å². The van der Waals surface area contributed by atoms with Crippen LogP contribution in [0.5, 0.6) is 5.75 Å². The van der Waals surface area contributed by atoms with Gasteiger partial charge in [-0.3, -0.25) is 19.9 Å². The lowest BCUT2D eigenvalue weighted by Gasteiger charge is -2.00. The van der Waals surface area contributed by atoms with Crippen molar-refractivity contribution >= 4 is 11.7 Å². The highest BCUT2D eigenvalue weighted by Crippen LogP contribution is 2.27. The Kier molecular flexibility index (Phi) is 2.61. The largest absolute Gasteiger partial charge is 0.501 e. The first kappa shape index (κ1) is 9.90. The van der Waals surface area contributed by atoms with E-state index in [1.807, 2.05) is 0 Å². The van der Waals surface area contributed by atoms with Crippen molar-refractivity contribution in [2.45, 2.75) is 6.42 Å². The van der Waals surface area contributed by atoms with Crippen molar-refractivity contribution in [3.8, 4) is 5.75 Å². The summed E-state index contributed by atoms with van der Waals surface area (Å²) in [5, 5.41) is 28.0. The van der Waals surface area contributed by atoms with Gasteiger partial charge in [-0.25, -0.2) is 0 Å². The van der Waals surface area contributed by atoms with Gasteiger partial charge in [-0.05, 0) is 0 Å². The molecule has 0 saturated heterocycles. The van der Waals surface area contributed by atoms with Crippen molar-refractivity contribution in [2.75, 3.05) is 0 Å². The quantitative estimate of drug-likeness (QED) is 0.534. The van der Waals surface area contributed by atoms with Gasteiger partial charge in [-0.15, -0.1) is 0 Å². The monoisotopic (exact) mass is 198 g/mol. The first-order valence-corrected chi connectivity index (χ1v) is 3.55. The van der Waals surface area contributed by atoms with Crippen LogP contribution < -0.4 is 0 Å². The maximum Gasteiger partial charge on any atom is 0.314 e. The summed E-state index contributed by atoms with van der Waals surface area (Å²) >= 11 is 0. The zero-order chi connectivity index (χ0) is 10.7. The first-order chi connectivity index (χ1) is 6.52. The van der Waals surface area contributed by atoms with Crippen LogP contribution in [0, 0.1) is 10.1 Å². The summed E-state index contributed by atoms with van der Waals surface area (Å²) in [5.74, 6) is -1.91. The normalized spacial score (nSPS) is 9.71. The molecule has 0 unspecified atom stereocenters. The summed E-state index contributed by atoms with van der Waals surface area (Å²) in [6.07, 6.45) is 0.531. The zero-order valence-corrected chi connectivity index (χ0v) is 6.88. The van der Waals surface area contributed by atoms with Gasteiger partial charge in [0.05, 0.1) is 11.3 Å². The second kappa shape index (κ2) is 3.69. The Morgan fingerprint density at radius 3 is 2.79 bits per heavy atom. The van der Waals surface area contributed by atoms with E-state index in [-0.39, 0.29) is 5.69 Å². The number of rotatable bonds is 3. The van der Waals surface area contributed by atoms with Crippen molar-refractivity contribution in [3.63, 3.8) is 0 Å². The fourth-order valence-electron chi connectivity index (χ4n) is 0.906. The number of carbonyl (C=O) groups is 1. The predicted molar refractivity (Wildman–Crippen MR) is 43.9 cm³/mol. The molecule has 7 heteroatoms. The minimum absolute atomic E-state index is 0.216. The number of carboxylic acid groups (broad SMARTS) is 1. The van der Waals surface area contributed by atoms with Gasteiger partial charge in [-0.1, -0.05) is 0 Å². The molecule has 0 spiro atoms. The maximum atomic E-state index is 10.3. The number of hydrogen-bond donors (Lipinski definition) is 2. The zero-order valence-electron chi connectivity index (χ0n) is 6.88. The number of carboxylic acids is 1. The van der Waals surface area contributed by atoms with Gasteiger partial charge in [0.2, 0.25) is 5.75 Å². The fourth-order valence-corrected chi connectivity index (χ4v) is 0.906. The topological polar surface area (TPSA) is 114 Å². The maximum absolute atomic E-state index is 10.3. The summed E-state index contributed by atoms with van der Waals surface area (Å²) in [5.41, 5.74) is -0.761. The van der Waals surface area contributed by atoms with Crippen LogP contribution in [0.4, 0.5) is 5.69 Å². The molecule has 0 aliphatic rings. The van der Waals surface area contributed by atoms with Crippen LogP contribution in [-0.2, 0) is 11.2 Å². The first-order valence-electron chi connectivity index (χ1n) is 3.55. The third-order valence-corrected chi connectivity index (χ3v) is 1.49. The molecule has 74 valence electrons. The highest BCUT2D eigenvalue weighted by Gasteiger charge is 2.18. The molecule has 1 aromatic rings. The van der Waals surface area contributed by atoms with E-state index < -0.39 is 28.8 Å². The summed E-state index contributed by atoms with van der Waals surface area (Å²) in [6, 6.07) is 1.00. The fraction of sp³-hybridized carbons (Fsp3) is 0.143. The van der Waals surface area contributed by atoms with Crippen LogP contribution in [-0.4, -0.2) is 26.1 Å². The molecule has 0 atom stereocenters. The molecule has 14 heavy (non-hydrogen) atoms. The predicted octanol–water partition coefficient (Wildman–Crippen LogP) is 0.322. The molecular weight excluding hydrogens is 192 g/mol. The van der Waals surface area contributed by atoms with Gasteiger partial charge >= 0.3 is 11.7 Å². The molecule has 2 N–H and O–H groups in total. The Labute approximate surface area is 77.8 Å². The van der Waals surface area contributed by atoms with Crippen LogP contribution >= 0.6 is 0 Å². The second-order valence-electron chi connectivity index (χ2n) is 2.45. The number of pyridine rings is 1. The molecule has 1 rings (SSSR count). The molecule has 0 saturated carbocycles. The summed E-state index contributed by atoms with van der Waals surface area (Å²) in [6.45, 7) is 0. The lowest BCUT2D eigenvalue weighted by atomic mass is 10.2. The molecule has 0 bridgehead atoms. The Morgan fingerprint density at radius 1 is 1.64 bits per heavy atom. The standard InChI is InChI=1S/C7H6N2O5/c10-6(11)3-4-7(12)5(9(13)14)1-2-8-4/h1-2,12H,3H2,(H,10,11). The van der Waals surface area contributed by atoms with Gasteiger partial charge in [0.1, 0.15) is 5.69 Å². The van der Waals surface area contributed by atoms with Crippen LogP contribution in [0.3, 0.4) is 0 Å². The van der Waals surface area contributed by atoms with E-state index in [1.165, 1.54) is 0 Å². The van der Waals surface area contributed by atoms with Gasteiger partial charge < -0.3 is 10.2 Å². The van der Waals surface area contributed by atoms with Crippen LogP contribution in [0.2, 0.25) is 0 Å². The van der Waals surface area contributed by atoms with E-state index in [1.54, 1.807) is 0 Å². The Bertz CT molecular complexity index is 390. The Balaban J connectivity index is 3.13. The highest BCUT2D eigenvalue weighted by molar-refractivity contribution is 5.71. The van der Waals surface area contributed by atoms with Crippen LogP contribution in [0.1, 0.15) is 5.69 Å². The molecular formula is C7H6N2O5. The minimum atomic E-state index is -1.21. The number of nitrogens with zero attached hydrogens (tertiary/aromatic N) is 2. The number of hydrogen-bond acceptors (Lipinski definition) is 5. The average molecular weight is 198 g/mol. The second-order valence-corrected chi connectivity index (χ2v) is 2.45. The van der Waals surface area contributed by atoms with E-state index in [0.717, 1.165) is 12.3 Å². The molecule has 0 aliphatic carbocycles. The number of aliphatic carboxylic acids is 1. The highest BCUT2D eigenvalue weighted by atomic mass is 16.6. The molecule has 0 fully saturated rings. The molecule has 0 radical (unpaired) electrons.